The first-order chi connectivity index (χ1) is 8.75. The Bertz CT molecular complexity index is 431. The van der Waals surface area contributed by atoms with Gasteiger partial charge < -0.3 is 14.8 Å². The summed E-state index contributed by atoms with van der Waals surface area (Å²) in [7, 11) is 0. The first-order valence-corrected chi connectivity index (χ1v) is 5.95. The summed E-state index contributed by atoms with van der Waals surface area (Å²) in [6, 6.07) is 9.76. The minimum absolute atomic E-state index is 0.351. The van der Waals surface area contributed by atoms with Crippen molar-refractivity contribution in [3.05, 3.63) is 35.9 Å². The van der Waals surface area contributed by atoms with E-state index in [-0.39, 0.29) is 0 Å². The standard InChI is InChI=1S/C13H16N2O3/c16-13(17)15-8-4-7-12(9-15)14-18-10-11-5-2-1-3-6-11/h1-3,5-6H,4,7-10H2,(H,16,17)/b14-12+. The number of benzene rings is 1. The maximum Gasteiger partial charge on any atom is 0.407 e. The van der Waals surface area contributed by atoms with Crippen molar-refractivity contribution < 1.29 is 14.7 Å². The molecule has 1 aromatic rings. The van der Waals surface area contributed by atoms with Crippen LogP contribution in [0, 0.1) is 0 Å². The number of oxime groups is 1. The Hall–Kier alpha value is -2.04. The highest BCUT2D eigenvalue weighted by molar-refractivity contribution is 5.89. The molecule has 18 heavy (non-hydrogen) atoms. The number of hydrogen-bond donors (Lipinski definition) is 1. The molecule has 2 rings (SSSR count). The second-order valence-electron chi connectivity index (χ2n) is 4.22. The van der Waals surface area contributed by atoms with Gasteiger partial charge in [0.25, 0.3) is 0 Å². The van der Waals surface area contributed by atoms with Crippen LogP contribution in [-0.2, 0) is 11.4 Å². The number of piperidine rings is 1. The van der Waals surface area contributed by atoms with Gasteiger partial charge in [-0.1, -0.05) is 35.5 Å². The molecule has 1 aromatic carbocycles. The van der Waals surface area contributed by atoms with Crippen molar-refractivity contribution in [3.63, 3.8) is 0 Å². The molecule has 1 saturated heterocycles. The third-order valence-corrected chi connectivity index (χ3v) is 2.80. The zero-order valence-electron chi connectivity index (χ0n) is 10.1. The summed E-state index contributed by atoms with van der Waals surface area (Å²) in [5.74, 6) is 0. The van der Waals surface area contributed by atoms with Gasteiger partial charge in [-0.15, -0.1) is 0 Å². The Balaban J connectivity index is 1.84. The van der Waals surface area contributed by atoms with Gasteiger partial charge in [0.1, 0.15) is 6.61 Å². The summed E-state index contributed by atoms with van der Waals surface area (Å²) in [6.45, 7) is 1.34. The highest BCUT2D eigenvalue weighted by Crippen LogP contribution is 2.08. The largest absolute Gasteiger partial charge is 0.465 e. The van der Waals surface area contributed by atoms with E-state index in [1.807, 2.05) is 30.3 Å². The molecule has 0 aromatic heterocycles. The Labute approximate surface area is 106 Å². The number of carbonyl (C=O) groups is 1. The second kappa shape index (κ2) is 6.05. The summed E-state index contributed by atoms with van der Waals surface area (Å²) >= 11 is 0. The number of nitrogens with zero attached hydrogens (tertiary/aromatic N) is 2. The molecule has 0 bridgehead atoms. The van der Waals surface area contributed by atoms with E-state index in [2.05, 4.69) is 5.16 Å². The van der Waals surface area contributed by atoms with Crippen LogP contribution < -0.4 is 0 Å². The van der Waals surface area contributed by atoms with Crippen molar-refractivity contribution in [2.24, 2.45) is 5.16 Å². The van der Waals surface area contributed by atoms with Gasteiger partial charge in [0.05, 0.1) is 12.3 Å². The molecule has 1 fully saturated rings. The molecule has 1 heterocycles. The molecule has 96 valence electrons. The molecule has 1 N–H and O–H groups in total. The molecule has 0 saturated carbocycles. The van der Waals surface area contributed by atoms with E-state index >= 15 is 0 Å². The van der Waals surface area contributed by atoms with Gasteiger partial charge in [-0.25, -0.2) is 4.79 Å². The molecular weight excluding hydrogens is 232 g/mol. The van der Waals surface area contributed by atoms with E-state index in [4.69, 9.17) is 9.94 Å². The van der Waals surface area contributed by atoms with Gasteiger partial charge in [-0.2, -0.15) is 0 Å². The van der Waals surface area contributed by atoms with Crippen molar-refractivity contribution in [1.29, 1.82) is 0 Å². The Kier molecular flexibility index (Phi) is 4.17. The number of carboxylic acid groups (broad SMARTS) is 1. The van der Waals surface area contributed by atoms with Gasteiger partial charge in [0, 0.05) is 6.54 Å². The lowest BCUT2D eigenvalue weighted by Gasteiger charge is -2.24. The zero-order valence-corrected chi connectivity index (χ0v) is 10.1. The van der Waals surface area contributed by atoms with Crippen LogP contribution in [0.5, 0.6) is 0 Å². The SMILES string of the molecule is O=C(O)N1CCC/C(=N\OCc2ccccc2)C1. The fourth-order valence-electron chi connectivity index (χ4n) is 1.86. The average Bonchev–Trinajstić information content (AvgIpc) is 2.40. The van der Waals surface area contributed by atoms with Crippen molar-refractivity contribution in [2.75, 3.05) is 13.1 Å². The van der Waals surface area contributed by atoms with E-state index in [0.29, 0.717) is 19.7 Å². The van der Waals surface area contributed by atoms with Gasteiger partial charge in [0.15, 0.2) is 0 Å². The molecule has 0 atom stereocenters. The maximum atomic E-state index is 10.8. The third-order valence-electron chi connectivity index (χ3n) is 2.80. The molecular formula is C13H16N2O3. The lowest BCUT2D eigenvalue weighted by Crippen LogP contribution is -2.39. The molecule has 0 spiro atoms. The molecule has 5 heteroatoms. The Morgan fingerprint density at radius 2 is 2.17 bits per heavy atom. The van der Waals surface area contributed by atoms with E-state index < -0.39 is 6.09 Å². The smallest absolute Gasteiger partial charge is 0.407 e. The number of rotatable bonds is 3. The lowest BCUT2D eigenvalue weighted by atomic mass is 10.1. The van der Waals surface area contributed by atoms with Crippen molar-refractivity contribution in [2.45, 2.75) is 19.4 Å². The summed E-state index contributed by atoms with van der Waals surface area (Å²) in [5.41, 5.74) is 1.84. The van der Waals surface area contributed by atoms with Crippen molar-refractivity contribution >= 4 is 11.8 Å². The van der Waals surface area contributed by atoms with E-state index in [1.165, 1.54) is 4.90 Å². The Morgan fingerprint density at radius 3 is 2.89 bits per heavy atom. The van der Waals surface area contributed by atoms with E-state index in [0.717, 1.165) is 24.1 Å². The minimum atomic E-state index is -0.898. The molecule has 1 amide bonds. The van der Waals surface area contributed by atoms with Crippen LogP contribution in [0.3, 0.4) is 0 Å². The Morgan fingerprint density at radius 1 is 1.39 bits per heavy atom. The van der Waals surface area contributed by atoms with Crippen LogP contribution >= 0.6 is 0 Å². The van der Waals surface area contributed by atoms with Crippen molar-refractivity contribution in [1.82, 2.24) is 4.90 Å². The molecule has 0 aliphatic carbocycles. The highest BCUT2D eigenvalue weighted by atomic mass is 16.6. The third kappa shape index (κ3) is 3.48. The van der Waals surface area contributed by atoms with Gasteiger partial charge in [-0.3, -0.25) is 0 Å². The molecule has 0 unspecified atom stereocenters. The highest BCUT2D eigenvalue weighted by Gasteiger charge is 2.19. The van der Waals surface area contributed by atoms with Crippen LogP contribution in [0.4, 0.5) is 4.79 Å². The predicted octanol–water partition coefficient (Wildman–Crippen LogP) is 2.33. The van der Waals surface area contributed by atoms with Gasteiger partial charge in [0.2, 0.25) is 0 Å². The van der Waals surface area contributed by atoms with Crippen LogP contribution in [0.15, 0.2) is 35.5 Å². The summed E-state index contributed by atoms with van der Waals surface area (Å²) in [4.78, 5) is 17.4. The van der Waals surface area contributed by atoms with Crippen LogP contribution in [0.1, 0.15) is 18.4 Å². The fourth-order valence-corrected chi connectivity index (χ4v) is 1.86. The molecule has 0 radical (unpaired) electrons. The average molecular weight is 248 g/mol. The second-order valence-corrected chi connectivity index (χ2v) is 4.22. The number of amides is 1. The fraction of sp³-hybridized carbons (Fsp3) is 0.385. The topological polar surface area (TPSA) is 62.1 Å². The molecule has 1 aliphatic heterocycles. The number of likely N-dealkylation sites (tertiary alicyclic amines) is 1. The van der Waals surface area contributed by atoms with Gasteiger partial charge >= 0.3 is 6.09 Å². The summed E-state index contributed by atoms with van der Waals surface area (Å²) < 4.78 is 0. The van der Waals surface area contributed by atoms with E-state index in [9.17, 15) is 4.79 Å². The van der Waals surface area contributed by atoms with Crippen LogP contribution in [0.2, 0.25) is 0 Å². The quantitative estimate of drug-likeness (QED) is 0.835. The van der Waals surface area contributed by atoms with Crippen LogP contribution in [-0.4, -0.2) is 34.9 Å². The summed E-state index contributed by atoms with van der Waals surface area (Å²) in [6.07, 6.45) is 0.712. The summed E-state index contributed by atoms with van der Waals surface area (Å²) in [5, 5.41) is 12.9. The minimum Gasteiger partial charge on any atom is -0.465 e. The van der Waals surface area contributed by atoms with Crippen molar-refractivity contribution in [3.8, 4) is 0 Å². The van der Waals surface area contributed by atoms with E-state index in [1.54, 1.807) is 0 Å². The normalized spacial score (nSPS) is 17.8. The molecule has 5 nitrogen and oxygen atoms in total. The molecule has 1 aliphatic rings. The maximum absolute atomic E-state index is 10.8. The zero-order chi connectivity index (χ0) is 12.8. The lowest BCUT2D eigenvalue weighted by molar-refractivity contribution is 0.124. The first kappa shape index (κ1) is 12.4. The van der Waals surface area contributed by atoms with Crippen LogP contribution in [0.25, 0.3) is 0 Å². The number of hydrogen-bond acceptors (Lipinski definition) is 3. The first-order valence-electron chi connectivity index (χ1n) is 5.95. The van der Waals surface area contributed by atoms with Gasteiger partial charge in [-0.05, 0) is 18.4 Å². The monoisotopic (exact) mass is 248 g/mol. The predicted molar refractivity (Wildman–Crippen MR) is 67.5 cm³/mol.